The predicted octanol–water partition coefficient (Wildman–Crippen LogP) is 4.38. The van der Waals surface area contributed by atoms with Crippen LogP contribution in [-0.2, 0) is 6.42 Å². The van der Waals surface area contributed by atoms with E-state index in [4.69, 9.17) is 0 Å². The standard InChI is InChI=1S/C21H22F3N5.HI/c1-14(19-8-5-16(23)13-20(19)24)27-21(25-2)26-11-9-17-10-12-29(28-17)18-6-3-15(22)4-7-18;/h3-8,10,12-14H,9,11H2,1-2H3,(H2,25,26,27);1H. The van der Waals surface area contributed by atoms with Crippen LogP contribution in [0.15, 0.2) is 59.7 Å². The van der Waals surface area contributed by atoms with E-state index in [1.807, 2.05) is 12.3 Å². The second-order valence-corrected chi connectivity index (χ2v) is 6.51. The van der Waals surface area contributed by atoms with Gasteiger partial charge in [-0.15, -0.1) is 24.0 Å². The van der Waals surface area contributed by atoms with E-state index >= 15 is 0 Å². The first-order valence-corrected chi connectivity index (χ1v) is 9.19. The van der Waals surface area contributed by atoms with Gasteiger partial charge in [0.25, 0.3) is 0 Å². The molecule has 30 heavy (non-hydrogen) atoms. The number of guanidine groups is 1. The number of rotatable bonds is 6. The number of aromatic nitrogens is 2. The summed E-state index contributed by atoms with van der Waals surface area (Å²) in [6.07, 6.45) is 2.45. The van der Waals surface area contributed by atoms with Gasteiger partial charge in [0.15, 0.2) is 5.96 Å². The van der Waals surface area contributed by atoms with E-state index in [1.165, 1.54) is 24.3 Å². The van der Waals surface area contributed by atoms with Crippen LogP contribution in [0, 0.1) is 17.5 Å². The molecule has 2 N–H and O–H groups in total. The number of nitrogens with one attached hydrogen (secondary N) is 2. The molecule has 0 aliphatic rings. The maximum absolute atomic E-state index is 13.9. The number of hydrogen-bond acceptors (Lipinski definition) is 2. The molecule has 0 aliphatic carbocycles. The summed E-state index contributed by atoms with van der Waals surface area (Å²) >= 11 is 0. The van der Waals surface area contributed by atoms with Crippen LogP contribution in [0.2, 0.25) is 0 Å². The van der Waals surface area contributed by atoms with Crippen molar-refractivity contribution in [3.63, 3.8) is 0 Å². The fourth-order valence-electron chi connectivity index (χ4n) is 2.87. The van der Waals surface area contributed by atoms with Crippen LogP contribution in [0.4, 0.5) is 13.2 Å². The molecule has 1 atom stereocenters. The van der Waals surface area contributed by atoms with Crippen molar-refractivity contribution in [2.45, 2.75) is 19.4 Å². The van der Waals surface area contributed by atoms with Gasteiger partial charge in [-0.2, -0.15) is 5.10 Å². The molecule has 0 saturated carbocycles. The van der Waals surface area contributed by atoms with Gasteiger partial charge >= 0.3 is 0 Å². The number of hydrogen-bond donors (Lipinski definition) is 2. The molecule has 0 fully saturated rings. The second kappa shape index (κ2) is 11.0. The lowest BCUT2D eigenvalue weighted by atomic mass is 10.1. The van der Waals surface area contributed by atoms with Crippen molar-refractivity contribution in [1.29, 1.82) is 0 Å². The third-order valence-corrected chi connectivity index (χ3v) is 4.41. The molecule has 5 nitrogen and oxygen atoms in total. The van der Waals surface area contributed by atoms with Gasteiger partial charge in [-0.3, -0.25) is 4.99 Å². The van der Waals surface area contributed by atoms with Crippen molar-refractivity contribution >= 4 is 29.9 Å². The lowest BCUT2D eigenvalue weighted by Gasteiger charge is -2.18. The zero-order valence-corrected chi connectivity index (χ0v) is 18.9. The van der Waals surface area contributed by atoms with Crippen LogP contribution in [-0.4, -0.2) is 29.3 Å². The van der Waals surface area contributed by atoms with Crippen LogP contribution >= 0.6 is 24.0 Å². The van der Waals surface area contributed by atoms with Gasteiger partial charge in [0.1, 0.15) is 17.5 Å². The van der Waals surface area contributed by atoms with E-state index in [-0.39, 0.29) is 35.8 Å². The molecule has 3 rings (SSSR count). The number of nitrogens with zero attached hydrogens (tertiary/aromatic N) is 3. The average molecular weight is 529 g/mol. The van der Waals surface area contributed by atoms with Crippen molar-refractivity contribution in [1.82, 2.24) is 20.4 Å². The van der Waals surface area contributed by atoms with Crippen LogP contribution in [0.25, 0.3) is 5.69 Å². The number of aliphatic imine (C=N–C) groups is 1. The molecule has 0 radical (unpaired) electrons. The molecular formula is C21H23F3IN5. The Morgan fingerprint density at radius 3 is 2.43 bits per heavy atom. The summed E-state index contributed by atoms with van der Waals surface area (Å²) in [4.78, 5) is 4.13. The summed E-state index contributed by atoms with van der Waals surface area (Å²) in [7, 11) is 1.62. The third-order valence-electron chi connectivity index (χ3n) is 4.41. The van der Waals surface area contributed by atoms with Crippen LogP contribution < -0.4 is 10.6 Å². The maximum Gasteiger partial charge on any atom is 0.191 e. The molecule has 3 aromatic rings. The highest BCUT2D eigenvalue weighted by Crippen LogP contribution is 2.17. The highest BCUT2D eigenvalue weighted by atomic mass is 127. The van der Waals surface area contributed by atoms with Gasteiger partial charge in [-0.1, -0.05) is 6.07 Å². The van der Waals surface area contributed by atoms with Crippen molar-refractivity contribution in [3.8, 4) is 5.69 Å². The number of halogens is 4. The molecule has 2 aromatic carbocycles. The Labute approximate surface area is 190 Å². The Hall–Kier alpha value is -2.56. The van der Waals surface area contributed by atoms with Gasteiger partial charge in [-0.05, 0) is 43.3 Å². The van der Waals surface area contributed by atoms with Crippen molar-refractivity contribution in [3.05, 3.63) is 83.4 Å². The van der Waals surface area contributed by atoms with Gasteiger partial charge < -0.3 is 10.6 Å². The predicted molar refractivity (Wildman–Crippen MR) is 122 cm³/mol. The Balaban J connectivity index is 0.00000320. The third kappa shape index (κ3) is 6.22. The quantitative estimate of drug-likeness (QED) is 0.283. The largest absolute Gasteiger partial charge is 0.356 e. The van der Waals surface area contributed by atoms with E-state index in [0.717, 1.165) is 17.4 Å². The SMILES string of the molecule is CN=C(NCCc1ccn(-c2ccc(F)cc2)n1)NC(C)c1ccc(F)cc1F.I. The summed E-state index contributed by atoms with van der Waals surface area (Å²) in [6.45, 7) is 2.33. The lowest BCUT2D eigenvalue weighted by Crippen LogP contribution is -2.39. The summed E-state index contributed by atoms with van der Waals surface area (Å²) < 4.78 is 41.7. The van der Waals surface area contributed by atoms with E-state index in [9.17, 15) is 13.2 Å². The van der Waals surface area contributed by atoms with E-state index in [0.29, 0.717) is 24.5 Å². The van der Waals surface area contributed by atoms with E-state index in [1.54, 1.807) is 30.8 Å². The Kier molecular flexibility index (Phi) is 8.70. The molecule has 160 valence electrons. The molecule has 1 heterocycles. The number of benzene rings is 2. The molecule has 0 aliphatic heterocycles. The second-order valence-electron chi connectivity index (χ2n) is 6.51. The minimum Gasteiger partial charge on any atom is -0.356 e. The first kappa shape index (κ1) is 23.7. The minimum atomic E-state index is -0.610. The summed E-state index contributed by atoms with van der Waals surface area (Å²) in [6, 6.07) is 11.1. The van der Waals surface area contributed by atoms with Crippen molar-refractivity contribution in [2.24, 2.45) is 4.99 Å². The fourth-order valence-corrected chi connectivity index (χ4v) is 2.87. The molecular weight excluding hydrogens is 506 g/mol. The van der Waals surface area contributed by atoms with Gasteiger partial charge in [-0.25, -0.2) is 17.9 Å². The molecule has 1 unspecified atom stereocenters. The van der Waals surface area contributed by atoms with Gasteiger partial charge in [0.05, 0.1) is 17.4 Å². The maximum atomic E-state index is 13.9. The van der Waals surface area contributed by atoms with Gasteiger partial charge in [0, 0.05) is 37.8 Å². The summed E-state index contributed by atoms with van der Waals surface area (Å²) in [5.74, 6) is -1.01. The normalized spacial score (nSPS) is 12.2. The van der Waals surface area contributed by atoms with E-state index in [2.05, 4.69) is 20.7 Å². The summed E-state index contributed by atoms with van der Waals surface area (Å²) in [5, 5.41) is 10.7. The zero-order valence-electron chi connectivity index (χ0n) is 16.6. The monoisotopic (exact) mass is 529 g/mol. The van der Waals surface area contributed by atoms with Crippen LogP contribution in [0.5, 0.6) is 0 Å². The molecule has 1 aromatic heterocycles. The minimum absolute atomic E-state index is 0. The first-order valence-electron chi connectivity index (χ1n) is 9.19. The van der Waals surface area contributed by atoms with Crippen molar-refractivity contribution < 1.29 is 13.2 Å². The fraction of sp³-hybridized carbons (Fsp3) is 0.238. The van der Waals surface area contributed by atoms with Crippen molar-refractivity contribution in [2.75, 3.05) is 13.6 Å². The Morgan fingerprint density at radius 2 is 1.77 bits per heavy atom. The molecule has 0 saturated heterocycles. The smallest absolute Gasteiger partial charge is 0.191 e. The molecule has 0 bridgehead atoms. The zero-order chi connectivity index (χ0) is 20.8. The van der Waals surface area contributed by atoms with Crippen LogP contribution in [0.1, 0.15) is 24.2 Å². The van der Waals surface area contributed by atoms with E-state index < -0.39 is 11.6 Å². The van der Waals surface area contributed by atoms with Gasteiger partial charge in [0.2, 0.25) is 0 Å². The Morgan fingerprint density at radius 1 is 1.07 bits per heavy atom. The summed E-state index contributed by atoms with van der Waals surface area (Å²) in [5.41, 5.74) is 1.99. The molecule has 9 heteroatoms. The van der Waals surface area contributed by atoms with Crippen LogP contribution in [0.3, 0.4) is 0 Å². The average Bonchev–Trinajstić information content (AvgIpc) is 3.16. The highest BCUT2D eigenvalue weighted by molar-refractivity contribution is 14.0. The lowest BCUT2D eigenvalue weighted by molar-refractivity contribution is 0.551. The first-order chi connectivity index (χ1) is 14.0. The topological polar surface area (TPSA) is 54.2 Å². The Bertz CT molecular complexity index is 989. The molecule has 0 amide bonds. The highest BCUT2D eigenvalue weighted by Gasteiger charge is 2.13. The molecule has 0 spiro atoms.